The number of aldehydes is 1. The fourth-order valence-electron chi connectivity index (χ4n) is 2.21. The lowest BCUT2D eigenvalue weighted by atomic mass is 9.93. The number of carbonyl (C=O) groups excluding carboxylic acids is 1. The molecule has 4 atom stereocenters. The van der Waals surface area contributed by atoms with E-state index in [-0.39, 0.29) is 6.29 Å². The van der Waals surface area contributed by atoms with Crippen LogP contribution in [-0.4, -0.2) is 44.9 Å². The van der Waals surface area contributed by atoms with Gasteiger partial charge in [0.1, 0.15) is 24.4 Å². The Hall–Kier alpha value is -2.28. The number of aromatic amines is 1. The van der Waals surface area contributed by atoms with Gasteiger partial charge < -0.3 is 19.7 Å². The number of aromatic nitrogens is 2. The molecule has 0 saturated carbocycles. The maximum Gasteiger partial charge on any atom is 0.331 e. The van der Waals surface area contributed by atoms with Crippen LogP contribution in [0.1, 0.15) is 0 Å². The average molecular weight is 281 g/mol. The van der Waals surface area contributed by atoms with Crippen molar-refractivity contribution in [3.63, 3.8) is 0 Å². The van der Waals surface area contributed by atoms with E-state index in [0.717, 1.165) is 12.3 Å². The van der Waals surface area contributed by atoms with Gasteiger partial charge in [0, 0.05) is 12.3 Å². The van der Waals surface area contributed by atoms with Crippen molar-refractivity contribution in [3.8, 4) is 6.07 Å². The van der Waals surface area contributed by atoms with Gasteiger partial charge in [0.2, 0.25) is 0 Å². The Bertz CT molecular complexity index is 674. The van der Waals surface area contributed by atoms with Gasteiger partial charge in [-0.2, -0.15) is 5.26 Å². The van der Waals surface area contributed by atoms with E-state index in [0.29, 0.717) is 4.57 Å². The predicted molar refractivity (Wildman–Crippen MR) is 62.4 cm³/mol. The Labute approximate surface area is 111 Å². The average Bonchev–Trinajstić information content (AvgIpc) is 2.71. The van der Waals surface area contributed by atoms with E-state index in [1.807, 2.05) is 4.98 Å². The zero-order valence-electron chi connectivity index (χ0n) is 10.1. The topological polar surface area (TPSA) is 145 Å². The Kier molecular flexibility index (Phi) is 3.54. The second-order valence-corrected chi connectivity index (χ2v) is 4.28. The standard InChI is InChI=1S/C11H11N3O6/c12-5-11(14-2-1-8(17)13-10(14)19)6(3-15)9(18)7(4-16)20-11/h1-3,6-7,9,16,18H,4H2,(H,13,17,19)/t6-,7-,9+,11-/m1/s1. The summed E-state index contributed by atoms with van der Waals surface area (Å²) < 4.78 is 5.93. The minimum Gasteiger partial charge on any atom is -0.394 e. The van der Waals surface area contributed by atoms with Crippen LogP contribution in [0, 0.1) is 17.2 Å². The number of hydrogen-bond donors (Lipinski definition) is 3. The minimum absolute atomic E-state index is 0.279. The smallest absolute Gasteiger partial charge is 0.331 e. The molecule has 3 N–H and O–H groups in total. The maximum atomic E-state index is 11.8. The third kappa shape index (κ3) is 1.87. The number of ether oxygens (including phenoxy) is 1. The molecule has 1 saturated heterocycles. The molecule has 1 fully saturated rings. The van der Waals surface area contributed by atoms with E-state index in [4.69, 9.17) is 9.84 Å². The number of nitrogens with zero attached hydrogens (tertiary/aromatic N) is 2. The molecule has 2 rings (SSSR count). The molecule has 1 aromatic heterocycles. The highest BCUT2D eigenvalue weighted by molar-refractivity contribution is 5.58. The predicted octanol–water partition coefficient (Wildman–Crippen LogP) is -2.72. The number of H-pyrrole nitrogens is 1. The monoisotopic (exact) mass is 281 g/mol. The van der Waals surface area contributed by atoms with Gasteiger partial charge >= 0.3 is 5.69 Å². The Morgan fingerprint density at radius 2 is 2.30 bits per heavy atom. The molecule has 1 aliphatic heterocycles. The van der Waals surface area contributed by atoms with E-state index in [9.17, 15) is 24.8 Å². The van der Waals surface area contributed by atoms with Crippen molar-refractivity contribution in [2.24, 2.45) is 5.92 Å². The van der Waals surface area contributed by atoms with E-state index in [2.05, 4.69) is 0 Å². The molecule has 106 valence electrons. The summed E-state index contributed by atoms with van der Waals surface area (Å²) in [5, 5.41) is 28.3. The zero-order valence-corrected chi connectivity index (χ0v) is 10.1. The molecule has 0 aliphatic carbocycles. The van der Waals surface area contributed by atoms with Gasteiger partial charge in [0.05, 0.1) is 12.7 Å². The van der Waals surface area contributed by atoms with Crippen molar-refractivity contribution in [2.75, 3.05) is 6.61 Å². The molecule has 0 bridgehead atoms. The quantitative estimate of drug-likeness (QED) is 0.510. The van der Waals surface area contributed by atoms with Crippen LogP contribution >= 0.6 is 0 Å². The van der Waals surface area contributed by atoms with Gasteiger partial charge in [-0.3, -0.25) is 14.3 Å². The Morgan fingerprint density at radius 1 is 1.60 bits per heavy atom. The summed E-state index contributed by atoms with van der Waals surface area (Å²) in [5.74, 6) is -1.38. The van der Waals surface area contributed by atoms with Crippen molar-refractivity contribution >= 4 is 6.29 Å². The lowest BCUT2D eigenvalue weighted by Gasteiger charge is -2.26. The number of nitrogens with one attached hydrogen (secondary N) is 1. The van der Waals surface area contributed by atoms with Gasteiger partial charge in [0.15, 0.2) is 0 Å². The Balaban J connectivity index is 2.65. The number of hydrogen-bond acceptors (Lipinski definition) is 7. The first-order valence-corrected chi connectivity index (χ1v) is 5.66. The largest absolute Gasteiger partial charge is 0.394 e. The van der Waals surface area contributed by atoms with Crippen LogP contribution in [0.25, 0.3) is 0 Å². The summed E-state index contributed by atoms with van der Waals surface area (Å²) in [6.07, 6.45) is -1.37. The normalized spacial score (nSPS) is 32.8. The third-order valence-corrected chi connectivity index (χ3v) is 3.20. The van der Waals surface area contributed by atoms with Crippen molar-refractivity contribution in [1.29, 1.82) is 5.26 Å². The highest BCUT2D eigenvalue weighted by Crippen LogP contribution is 2.38. The van der Waals surface area contributed by atoms with E-state index < -0.39 is 41.7 Å². The van der Waals surface area contributed by atoms with E-state index in [1.165, 1.54) is 0 Å². The summed E-state index contributed by atoms with van der Waals surface area (Å²) in [4.78, 5) is 35.9. The summed E-state index contributed by atoms with van der Waals surface area (Å²) in [7, 11) is 0. The maximum absolute atomic E-state index is 11.8. The molecule has 1 aliphatic rings. The fourth-order valence-corrected chi connectivity index (χ4v) is 2.21. The molecule has 2 heterocycles. The summed E-state index contributed by atoms with van der Waals surface area (Å²) in [6.45, 7) is -0.632. The number of aliphatic hydroxyl groups is 2. The molecule has 0 unspecified atom stereocenters. The number of carbonyl (C=O) groups is 1. The summed E-state index contributed by atoms with van der Waals surface area (Å²) in [5.41, 5.74) is -3.76. The van der Waals surface area contributed by atoms with Gasteiger partial charge in [-0.1, -0.05) is 0 Å². The van der Waals surface area contributed by atoms with Crippen LogP contribution < -0.4 is 11.2 Å². The van der Waals surface area contributed by atoms with Crippen LogP contribution in [0.4, 0.5) is 0 Å². The van der Waals surface area contributed by atoms with E-state index in [1.54, 1.807) is 6.07 Å². The first-order chi connectivity index (χ1) is 9.50. The van der Waals surface area contributed by atoms with Crippen LogP contribution in [0.2, 0.25) is 0 Å². The molecule has 0 aromatic carbocycles. The molecular weight excluding hydrogens is 270 g/mol. The van der Waals surface area contributed by atoms with Gasteiger partial charge in [0.25, 0.3) is 11.3 Å². The minimum atomic E-state index is -2.12. The molecule has 0 radical (unpaired) electrons. The lowest BCUT2D eigenvalue weighted by Crippen LogP contribution is -2.48. The first-order valence-electron chi connectivity index (χ1n) is 5.66. The first kappa shape index (κ1) is 14.1. The molecule has 20 heavy (non-hydrogen) atoms. The summed E-state index contributed by atoms with van der Waals surface area (Å²) >= 11 is 0. The highest BCUT2D eigenvalue weighted by Gasteiger charge is 2.57. The van der Waals surface area contributed by atoms with Crippen LogP contribution in [-0.2, 0) is 15.3 Å². The second-order valence-electron chi connectivity index (χ2n) is 4.28. The second kappa shape index (κ2) is 5.01. The third-order valence-electron chi connectivity index (χ3n) is 3.20. The molecule has 9 heteroatoms. The number of nitriles is 1. The van der Waals surface area contributed by atoms with Crippen molar-refractivity contribution in [3.05, 3.63) is 33.1 Å². The van der Waals surface area contributed by atoms with Gasteiger partial charge in [-0.25, -0.2) is 4.79 Å². The Morgan fingerprint density at radius 3 is 2.80 bits per heavy atom. The van der Waals surface area contributed by atoms with Crippen LogP contribution in [0.5, 0.6) is 0 Å². The molecular formula is C11H11N3O6. The van der Waals surface area contributed by atoms with Crippen molar-refractivity contribution < 1.29 is 19.7 Å². The van der Waals surface area contributed by atoms with Crippen molar-refractivity contribution in [2.45, 2.75) is 17.9 Å². The van der Waals surface area contributed by atoms with Crippen LogP contribution in [0.3, 0.4) is 0 Å². The van der Waals surface area contributed by atoms with Gasteiger partial charge in [-0.15, -0.1) is 0 Å². The van der Waals surface area contributed by atoms with E-state index >= 15 is 0 Å². The molecule has 9 nitrogen and oxygen atoms in total. The SMILES string of the molecule is N#C[C@@]1(n2ccc(=O)[nH]c2=O)O[C@H](CO)[C@@H](O)[C@H]1C=O. The highest BCUT2D eigenvalue weighted by atomic mass is 16.6. The summed E-state index contributed by atoms with van der Waals surface area (Å²) in [6, 6.07) is 2.64. The molecule has 0 spiro atoms. The van der Waals surface area contributed by atoms with Crippen LogP contribution in [0.15, 0.2) is 21.9 Å². The molecule has 1 aromatic rings. The lowest BCUT2D eigenvalue weighted by molar-refractivity contribution is -0.123. The van der Waals surface area contributed by atoms with Gasteiger partial charge in [-0.05, 0) is 0 Å². The number of aliphatic hydroxyl groups excluding tert-OH is 2. The molecule has 0 amide bonds. The fraction of sp³-hybridized carbons (Fsp3) is 0.455. The van der Waals surface area contributed by atoms with Crippen molar-refractivity contribution in [1.82, 2.24) is 9.55 Å². The zero-order chi connectivity index (χ0) is 14.9. The number of rotatable bonds is 3.